The molecule has 9 nitrogen and oxygen atoms in total. The summed E-state index contributed by atoms with van der Waals surface area (Å²) in [6.07, 6.45) is 0.882. The summed E-state index contributed by atoms with van der Waals surface area (Å²) >= 11 is 4.05. The number of amides is 3. The summed E-state index contributed by atoms with van der Waals surface area (Å²) < 4.78 is 0. The minimum Gasteiger partial charge on any atom is -0.480 e. The van der Waals surface area contributed by atoms with E-state index >= 15 is 0 Å². The lowest BCUT2D eigenvalue weighted by molar-refractivity contribution is -0.143. The molecule has 30 heavy (non-hydrogen) atoms. The van der Waals surface area contributed by atoms with Crippen molar-refractivity contribution >= 4 is 36.3 Å². The van der Waals surface area contributed by atoms with Crippen molar-refractivity contribution in [1.29, 1.82) is 0 Å². The van der Waals surface area contributed by atoms with E-state index in [2.05, 4.69) is 28.6 Å². The van der Waals surface area contributed by atoms with E-state index < -0.39 is 41.8 Å². The van der Waals surface area contributed by atoms with Crippen molar-refractivity contribution in [2.24, 2.45) is 11.7 Å². The average Bonchev–Trinajstić information content (AvgIpc) is 2.73. The van der Waals surface area contributed by atoms with Gasteiger partial charge in [0, 0.05) is 5.75 Å². The molecular weight excluding hydrogens is 408 g/mol. The Hall–Kier alpha value is -2.59. The molecule has 10 heteroatoms. The molecule has 0 aliphatic rings. The van der Waals surface area contributed by atoms with Crippen LogP contribution in [0.1, 0.15) is 25.8 Å². The minimum atomic E-state index is -1.15. The smallest absolute Gasteiger partial charge is 0.326 e. The van der Waals surface area contributed by atoms with Crippen molar-refractivity contribution in [3.05, 3.63) is 35.9 Å². The fraction of sp³-hybridized carbons (Fsp3) is 0.500. The molecule has 3 amide bonds. The van der Waals surface area contributed by atoms with Crippen LogP contribution in [0, 0.1) is 5.92 Å². The maximum Gasteiger partial charge on any atom is 0.326 e. The van der Waals surface area contributed by atoms with E-state index in [4.69, 9.17) is 5.73 Å². The maximum absolute atomic E-state index is 12.3. The zero-order valence-electron chi connectivity index (χ0n) is 17.1. The molecule has 166 valence electrons. The summed E-state index contributed by atoms with van der Waals surface area (Å²) in [5.41, 5.74) is 6.75. The van der Waals surface area contributed by atoms with E-state index in [-0.39, 0.29) is 18.2 Å². The van der Waals surface area contributed by atoms with Crippen molar-refractivity contribution in [2.45, 2.75) is 44.8 Å². The van der Waals surface area contributed by atoms with Gasteiger partial charge in [-0.15, -0.1) is 0 Å². The average molecular weight is 439 g/mol. The molecule has 0 spiro atoms. The first-order valence-corrected chi connectivity index (χ1v) is 10.3. The molecule has 1 rings (SSSR count). The molecule has 0 heterocycles. The van der Waals surface area contributed by atoms with Crippen molar-refractivity contribution in [3.63, 3.8) is 0 Å². The van der Waals surface area contributed by atoms with Crippen LogP contribution in [0.3, 0.4) is 0 Å². The van der Waals surface area contributed by atoms with Crippen LogP contribution >= 0.6 is 12.6 Å². The fourth-order valence-electron chi connectivity index (χ4n) is 2.64. The highest BCUT2D eigenvalue weighted by Crippen LogP contribution is 2.08. The Bertz CT molecular complexity index is 731. The van der Waals surface area contributed by atoms with Crippen molar-refractivity contribution in [3.8, 4) is 0 Å². The van der Waals surface area contributed by atoms with Gasteiger partial charge in [0.2, 0.25) is 17.7 Å². The first kappa shape index (κ1) is 25.4. The van der Waals surface area contributed by atoms with E-state index in [1.807, 2.05) is 37.3 Å². The van der Waals surface area contributed by atoms with Crippen LogP contribution in [-0.2, 0) is 25.6 Å². The second-order valence-corrected chi connectivity index (χ2v) is 7.39. The summed E-state index contributed by atoms with van der Waals surface area (Å²) in [6, 6.07) is 6.29. The number of hydrogen-bond acceptors (Lipinski definition) is 6. The van der Waals surface area contributed by atoms with Crippen LogP contribution in [0.4, 0.5) is 0 Å². The SMILES string of the molecule is CCC(C)C(NC(=O)C(CS)NC(=O)CNC(=O)C(N)Cc1ccccc1)C(=O)O. The lowest BCUT2D eigenvalue weighted by Gasteiger charge is -2.23. The van der Waals surface area contributed by atoms with E-state index in [0.29, 0.717) is 12.8 Å². The summed E-state index contributed by atoms with van der Waals surface area (Å²) in [7, 11) is 0. The highest BCUT2D eigenvalue weighted by atomic mass is 32.1. The Kier molecular flexibility index (Phi) is 10.9. The summed E-state index contributed by atoms with van der Waals surface area (Å²) in [5.74, 6) is -3.23. The highest BCUT2D eigenvalue weighted by Gasteiger charge is 2.29. The summed E-state index contributed by atoms with van der Waals surface area (Å²) in [6.45, 7) is 3.16. The third-order valence-corrected chi connectivity index (χ3v) is 5.03. The van der Waals surface area contributed by atoms with Crippen LogP contribution in [0.2, 0.25) is 0 Å². The molecule has 0 aromatic heterocycles. The zero-order valence-corrected chi connectivity index (χ0v) is 18.0. The van der Waals surface area contributed by atoms with Crippen LogP contribution in [0.5, 0.6) is 0 Å². The number of carbonyl (C=O) groups excluding carboxylic acids is 3. The molecule has 0 bridgehead atoms. The number of benzene rings is 1. The van der Waals surface area contributed by atoms with Crippen molar-refractivity contribution in [2.75, 3.05) is 12.3 Å². The first-order chi connectivity index (χ1) is 14.2. The van der Waals surface area contributed by atoms with Crippen molar-refractivity contribution < 1.29 is 24.3 Å². The lowest BCUT2D eigenvalue weighted by Crippen LogP contribution is -2.55. The van der Waals surface area contributed by atoms with Gasteiger partial charge >= 0.3 is 5.97 Å². The molecule has 4 atom stereocenters. The number of thiol groups is 1. The third-order valence-electron chi connectivity index (χ3n) is 4.67. The molecule has 0 aliphatic heterocycles. The zero-order chi connectivity index (χ0) is 22.7. The molecular formula is C20H30N4O5S. The summed E-state index contributed by atoms with van der Waals surface area (Å²) in [4.78, 5) is 47.9. The first-order valence-electron chi connectivity index (χ1n) is 9.70. The second-order valence-electron chi connectivity index (χ2n) is 7.03. The van der Waals surface area contributed by atoms with Crippen LogP contribution in [-0.4, -0.2) is 59.2 Å². The standard InChI is InChI=1S/C20H30N4O5S/c1-3-12(2)17(20(28)29)24-19(27)15(11-30)23-16(25)10-22-18(26)14(21)9-13-7-5-4-6-8-13/h4-8,12,14-15,17,30H,3,9-11,21H2,1-2H3,(H,22,26)(H,23,25)(H,24,27)(H,28,29). The predicted octanol–water partition coefficient (Wildman–Crippen LogP) is -0.297. The van der Waals surface area contributed by atoms with E-state index in [0.717, 1.165) is 5.56 Å². The van der Waals surface area contributed by atoms with Gasteiger partial charge in [-0.25, -0.2) is 4.79 Å². The largest absolute Gasteiger partial charge is 0.480 e. The van der Waals surface area contributed by atoms with Crippen LogP contribution in [0.15, 0.2) is 30.3 Å². The van der Waals surface area contributed by atoms with Crippen LogP contribution < -0.4 is 21.7 Å². The molecule has 1 aromatic carbocycles. The number of carboxylic acid groups (broad SMARTS) is 1. The van der Waals surface area contributed by atoms with Gasteiger partial charge in [-0.1, -0.05) is 50.6 Å². The number of carboxylic acids is 1. The van der Waals surface area contributed by atoms with Gasteiger partial charge in [0.05, 0.1) is 12.6 Å². The topological polar surface area (TPSA) is 151 Å². The van der Waals surface area contributed by atoms with Gasteiger partial charge in [-0.2, -0.15) is 12.6 Å². The lowest BCUT2D eigenvalue weighted by atomic mass is 9.99. The molecule has 6 N–H and O–H groups in total. The Morgan fingerprint density at radius 2 is 1.73 bits per heavy atom. The molecule has 1 aromatic rings. The fourth-order valence-corrected chi connectivity index (χ4v) is 2.89. The Morgan fingerprint density at radius 1 is 1.10 bits per heavy atom. The predicted molar refractivity (Wildman–Crippen MR) is 116 cm³/mol. The maximum atomic E-state index is 12.3. The Labute approximate surface area is 181 Å². The van der Waals surface area contributed by atoms with Gasteiger partial charge in [0.25, 0.3) is 0 Å². The normalized spacial score (nSPS) is 14.7. The summed E-state index contributed by atoms with van der Waals surface area (Å²) in [5, 5.41) is 16.6. The molecule has 0 fully saturated rings. The minimum absolute atomic E-state index is 0.0358. The number of carbonyl (C=O) groups is 4. The van der Waals surface area contributed by atoms with Crippen LogP contribution in [0.25, 0.3) is 0 Å². The van der Waals surface area contributed by atoms with Gasteiger partial charge in [-0.3, -0.25) is 14.4 Å². The van der Waals surface area contributed by atoms with Gasteiger partial charge in [0.15, 0.2) is 0 Å². The Balaban J connectivity index is 2.53. The number of rotatable bonds is 12. The molecule has 0 saturated carbocycles. The van der Waals surface area contributed by atoms with Crippen molar-refractivity contribution in [1.82, 2.24) is 16.0 Å². The van der Waals surface area contributed by atoms with E-state index in [1.54, 1.807) is 6.92 Å². The molecule has 0 aliphatic carbocycles. The number of hydrogen-bond donors (Lipinski definition) is 6. The molecule has 0 saturated heterocycles. The highest BCUT2D eigenvalue weighted by molar-refractivity contribution is 7.80. The number of aliphatic carboxylic acids is 1. The van der Waals surface area contributed by atoms with E-state index in [9.17, 15) is 24.3 Å². The van der Waals surface area contributed by atoms with Gasteiger partial charge in [0.1, 0.15) is 12.1 Å². The third kappa shape index (κ3) is 8.42. The Morgan fingerprint density at radius 3 is 2.27 bits per heavy atom. The van der Waals surface area contributed by atoms with Gasteiger partial charge in [-0.05, 0) is 17.9 Å². The monoisotopic (exact) mass is 438 g/mol. The quantitative estimate of drug-likeness (QED) is 0.247. The number of nitrogens with one attached hydrogen (secondary N) is 3. The van der Waals surface area contributed by atoms with E-state index in [1.165, 1.54) is 0 Å². The molecule has 0 radical (unpaired) electrons. The van der Waals surface area contributed by atoms with Gasteiger partial charge < -0.3 is 26.8 Å². The second kappa shape index (κ2) is 12.9. The molecule has 4 unspecified atom stereocenters. The number of nitrogens with two attached hydrogens (primary N) is 1.